The molecule has 2 nitrogen and oxygen atoms in total. The minimum Gasteiger partial charge on any atom is -0.345 e. The zero-order chi connectivity index (χ0) is 8.32. The molecule has 0 aromatic rings. The summed E-state index contributed by atoms with van der Waals surface area (Å²) in [6, 6.07) is 0. The number of nitrogens with zero attached hydrogens (tertiary/aromatic N) is 1. The van der Waals surface area contributed by atoms with Crippen LogP contribution in [0.3, 0.4) is 0 Å². The first-order valence-corrected chi connectivity index (χ1v) is 4.19. The van der Waals surface area contributed by atoms with Crippen LogP contribution >= 0.6 is 0 Å². The second-order valence-electron chi connectivity index (χ2n) is 3.13. The molecule has 0 aromatic carbocycles. The van der Waals surface area contributed by atoms with E-state index in [9.17, 15) is 4.39 Å². The summed E-state index contributed by atoms with van der Waals surface area (Å²) < 4.78 is 18.2. The molecular formula is C8H16FNO. The van der Waals surface area contributed by atoms with Crippen LogP contribution in [0.15, 0.2) is 0 Å². The molecule has 0 amide bonds. The third-order valence-corrected chi connectivity index (χ3v) is 2.13. The molecule has 0 saturated carbocycles. The smallest absolute Gasteiger partial charge is 0.207 e. The Bertz CT molecular complexity index is 127. The average molecular weight is 161 g/mol. The maximum Gasteiger partial charge on any atom is 0.207 e. The van der Waals surface area contributed by atoms with Gasteiger partial charge >= 0.3 is 0 Å². The first-order chi connectivity index (χ1) is 5.14. The molecule has 1 atom stereocenters. The molecule has 1 unspecified atom stereocenters. The van der Waals surface area contributed by atoms with Crippen molar-refractivity contribution >= 4 is 0 Å². The minimum atomic E-state index is -1.40. The topological polar surface area (TPSA) is 12.5 Å². The monoisotopic (exact) mass is 161 g/mol. The zero-order valence-corrected chi connectivity index (χ0v) is 7.27. The Morgan fingerprint density at radius 2 is 2.27 bits per heavy atom. The van der Waals surface area contributed by atoms with Crippen LogP contribution in [0.1, 0.15) is 20.3 Å². The Labute approximate surface area is 67.3 Å². The number of rotatable bonds is 1. The predicted molar refractivity (Wildman–Crippen MR) is 42.2 cm³/mol. The Kier molecular flexibility index (Phi) is 2.84. The Morgan fingerprint density at radius 1 is 1.55 bits per heavy atom. The van der Waals surface area contributed by atoms with Gasteiger partial charge in [0.25, 0.3) is 0 Å². The molecule has 1 aliphatic rings. The molecule has 0 bridgehead atoms. The fourth-order valence-corrected chi connectivity index (χ4v) is 1.25. The average Bonchev–Trinajstić information content (AvgIpc) is 2.10. The third-order valence-electron chi connectivity index (χ3n) is 2.13. The number of likely N-dealkylation sites (N-methyl/N-ethyl adjacent to an activating group) is 1. The summed E-state index contributed by atoms with van der Waals surface area (Å²) >= 11 is 0. The highest BCUT2D eigenvalue weighted by Crippen LogP contribution is 2.19. The molecule has 0 radical (unpaired) electrons. The van der Waals surface area contributed by atoms with Gasteiger partial charge in [-0.05, 0) is 13.5 Å². The van der Waals surface area contributed by atoms with Crippen LogP contribution in [-0.2, 0) is 4.74 Å². The summed E-state index contributed by atoms with van der Waals surface area (Å²) in [6.45, 7) is 6.76. The van der Waals surface area contributed by atoms with Crippen LogP contribution in [0.25, 0.3) is 0 Å². The van der Waals surface area contributed by atoms with Crippen LogP contribution in [0.4, 0.5) is 4.39 Å². The van der Waals surface area contributed by atoms with Crippen molar-refractivity contribution in [3.63, 3.8) is 0 Å². The first-order valence-electron chi connectivity index (χ1n) is 4.19. The van der Waals surface area contributed by atoms with Crippen LogP contribution in [-0.4, -0.2) is 37.0 Å². The second-order valence-corrected chi connectivity index (χ2v) is 3.13. The lowest BCUT2D eigenvalue weighted by molar-refractivity contribution is -0.124. The number of ether oxygens (including phenoxy) is 1. The number of halogens is 1. The SMILES string of the molecule is CCN1CCOC(C)(F)CC1. The van der Waals surface area contributed by atoms with E-state index in [1.165, 1.54) is 6.92 Å². The largest absolute Gasteiger partial charge is 0.345 e. The van der Waals surface area contributed by atoms with E-state index < -0.39 is 5.85 Å². The van der Waals surface area contributed by atoms with Crippen molar-refractivity contribution < 1.29 is 9.13 Å². The van der Waals surface area contributed by atoms with Crippen molar-refractivity contribution in [1.29, 1.82) is 0 Å². The predicted octanol–water partition coefficient (Wildman–Crippen LogP) is 1.41. The molecular weight excluding hydrogens is 145 g/mol. The molecule has 66 valence electrons. The lowest BCUT2D eigenvalue weighted by atomic mass is 10.2. The van der Waals surface area contributed by atoms with Gasteiger partial charge in [-0.25, -0.2) is 4.39 Å². The number of hydrogen-bond acceptors (Lipinski definition) is 2. The highest BCUT2D eigenvalue weighted by Gasteiger charge is 2.27. The van der Waals surface area contributed by atoms with Gasteiger partial charge < -0.3 is 9.64 Å². The van der Waals surface area contributed by atoms with Gasteiger partial charge in [0.15, 0.2) is 0 Å². The molecule has 0 spiro atoms. The molecule has 11 heavy (non-hydrogen) atoms. The molecule has 1 aliphatic heterocycles. The first kappa shape index (κ1) is 8.94. The summed E-state index contributed by atoms with van der Waals surface area (Å²) in [5.74, 6) is -1.40. The van der Waals surface area contributed by atoms with E-state index in [1.54, 1.807) is 0 Å². The Morgan fingerprint density at radius 3 is 2.91 bits per heavy atom. The highest BCUT2D eigenvalue weighted by molar-refractivity contribution is 4.69. The van der Waals surface area contributed by atoms with E-state index in [1.807, 2.05) is 0 Å². The Hall–Kier alpha value is -0.150. The zero-order valence-electron chi connectivity index (χ0n) is 7.27. The molecule has 0 aliphatic carbocycles. The van der Waals surface area contributed by atoms with E-state index in [4.69, 9.17) is 4.74 Å². The molecule has 1 rings (SSSR count). The van der Waals surface area contributed by atoms with Crippen molar-refractivity contribution in [3.05, 3.63) is 0 Å². The normalized spacial score (nSPS) is 35.2. The van der Waals surface area contributed by atoms with Crippen molar-refractivity contribution in [2.45, 2.75) is 26.1 Å². The van der Waals surface area contributed by atoms with Gasteiger partial charge in [0.1, 0.15) is 0 Å². The van der Waals surface area contributed by atoms with Crippen LogP contribution in [0.5, 0.6) is 0 Å². The lowest BCUT2D eigenvalue weighted by Gasteiger charge is -2.17. The number of hydrogen-bond donors (Lipinski definition) is 0. The summed E-state index contributed by atoms with van der Waals surface area (Å²) in [6.07, 6.45) is 0.487. The molecule has 0 aromatic heterocycles. The summed E-state index contributed by atoms with van der Waals surface area (Å²) in [5.41, 5.74) is 0. The van der Waals surface area contributed by atoms with E-state index >= 15 is 0 Å². The van der Waals surface area contributed by atoms with Crippen molar-refractivity contribution in [2.75, 3.05) is 26.2 Å². The summed E-state index contributed by atoms with van der Waals surface area (Å²) in [5, 5.41) is 0. The maximum absolute atomic E-state index is 13.2. The lowest BCUT2D eigenvalue weighted by Crippen LogP contribution is -2.26. The van der Waals surface area contributed by atoms with Gasteiger partial charge in [-0.3, -0.25) is 0 Å². The van der Waals surface area contributed by atoms with Crippen molar-refractivity contribution in [3.8, 4) is 0 Å². The molecule has 1 fully saturated rings. The number of alkyl halides is 1. The van der Waals surface area contributed by atoms with Crippen LogP contribution in [0, 0.1) is 0 Å². The van der Waals surface area contributed by atoms with Crippen molar-refractivity contribution in [2.24, 2.45) is 0 Å². The van der Waals surface area contributed by atoms with Crippen LogP contribution in [0.2, 0.25) is 0 Å². The molecule has 3 heteroatoms. The molecule has 1 heterocycles. The summed E-state index contributed by atoms with van der Waals surface area (Å²) in [4.78, 5) is 2.20. The van der Waals surface area contributed by atoms with Gasteiger partial charge in [0.05, 0.1) is 6.61 Å². The fraction of sp³-hybridized carbons (Fsp3) is 1.00. The van der Waals surface area contributed by atoms with Gasteiger partial charge in [0.2, 0.25) is 5.85 Å². The molecule has 1 saturated heterocycles. The van der Waals surface area contributed by atoms with E-state index in [2.05, 4.69) is 11.8 Å². The highest BCUT2D eigenvalue weighted by atomic mass is 19.2. The quantitative estimate of drug-likeness (QED) is 0.576. The van der Waals surface area contributed by atoms with Gasteiger partial charge in [-0.15, -0.1) is 0 Å². The van der Waals surface area contributed by atoms with Gasteiger partial charge in [0, 0.05) is 19.5 Å². The van der Waals surface area contributed by atoms with Crippen LogP contribution < -0.4 is 0 Å². The third kappa shape index (κ3) is 2.75. The maximum atomic E-state index is 13.2. The summed E-state index contributed by atoms with van der Waals surface area (Å²) in [7, 11) is 0. The second kappa shape index (κ2) is 3.50. The minimum absolute atomic E-state index is 0.487. The fourth-order valence-electron chi connectivity index (χ4n) is 1.25. The van der Waals surface area contributed by atoms with E-state index in [-0.39, 0.29) is 0 Å². The van der Waals surface area contributed by atoms with Gasteiger partial charge in [-0.1, -0.05) is 6.92 Å². The van der Waals surface area contributed by atoms with E-state index in [0.29, 0.717) is 13.0 Å². The van der Waals surface area contributed by atoms with E-state index in [0.717, 1.165) is 19.6 Å². The molecule has 0 N–H and O–H groups in total. The van der Waals surface area contributed by atoms with Crippen molar-refractivity contribution in [1.82, 2.24) is 4.90 Å². The standard InChI is InChI=1S/C8H16FNO/c1-3-10-5-4-8(2,9)11-7-6-10/h3-7H2,1-2H3. The van der Waals surface area contributed by atoms with Gasteiger partial charge in [-0.2, -0.15) is 0 Å². The Balaban J connectivity index is 2.39.